The first-order valence-electron chi connectivity index (χ1n) is 6.05. The van der Waals surface area contributed by atoms with E-state index in [-0.39, 0.29) is 0 Å². The summed E-state index contributed by atoms with van der Waals surface area (Å²) >= 11 is 9.58. The molecule has 0 saturated carbocycles. The molecule has 17 heavy (non-hydrogen) atoms. The van der Waals surface area contributed by atoms with Crippen molar-refractivity contribution in [2.45, 2.75) is 25.8 Å². The highest BCUT2D eigenvalue weighted by Gasteiger charge is 2.09. The quantitative estimate of drug-likeness (QED) is 0.804. The molecule has 1 N–H and O–H groups in total. The van der Waals surface area contributed by atoms with Gasteiger partial charge in [0, 0.05) is 16.0 Å². The number of rotatable bonds is 4. The molecule has 0 aliphatic heterocycles. The predicted octanol–water partition coefficient (Wildman–Crippen LogP) is 4.55. The summed E-state index contributed by atoms with van der Waals surface area (Å²) in [5, 5.41) is 4.33. The van der Waals surface area contributed by atoms with E-state index in [1.165, 1.54) is 24.8 Å². The van der Waals surface area contributed by atoms with E-state index in [9.17, 15) is 0 Å². The maximum atomic E-state index is 6.17. The maximum absolute atomic E-state index is 6.17. The van der Waals surface area contributed by atoms with Crippen LogP contribution in [0.5, 0.6) is 0 Å². The first kappa shape index (κ1) is 13.1. The van der Waals surface area contributed by atoms with Crippen LogP contribution in [0.25, 0.3) is 0 Å². The van der Waals surface area contributed by atoms with Crippen molar-refractivity contribution in [1.82, 2.24) is 5.32 Å². The van der Waals surface area contributed by atoms with Crippen LogP contribution in [0.1, 0.15) is 24.8 Å². The zero-order valence-corrected chi connectivity index (χ0v) is 12.1. The minimum Gasteiger partial charge on any atom is -0.312 e. The second-order valence-corrected chi connectivity index (χ2v) is 5.84. The van der Waals surface area contributed by atoms with E-state index in [1.54, 1.807) is 0 Å². The molecule has 0 bridgehead atoms. The summed E-state index contributed by atoms with van der Waals surface area (Å²) in [6, 6.07) is 6.05. The molecule has 0 aromatic heterocycles. The van der Waals surface area contributed by atoms with Crippen LogP contribution in [0, 0.1) is 5.92 Å². The van der Waals surface area contributed by atoms with Crippen molar-refractivity contribution >= 4 is 27.5 Å². The molecular weight excluding hydrogens is 298 g/mol. The van der Waals surface area contributed by atoms with Gasteiger partial charge in [-0.05, 0) is 49.4 Å². The zero-order chi connectivity index (χ0) is 12.1. The summed E-state index contributed by atoms with van der Waals surface area (Å²) in [5.74, 6) is 0.786. The lowest BCUT2D eigenvalue weighted by molar-refractivity contribution is 0.440. The van der Waals surface area contributed by atoms with Gasteiger partial charge in [0.25, 0.3) is 0 Å². The number of nitrogens with one attached hydrogen (secondary N) is 1. The Kier molecular flexibility index (Phi) is 5.08. The molecule has 1 aromatic carbocycles. The Bertz CT molecular complexity index is 403. The van der Waals surface area contributed by atoms with Gasteiger partial charge in [-0.25, -0.2) is 0 Å². The van der Waals surface area contributed by atoms with Gasteiger partial charge in [-0.15, -0.1) is 0 Å². The highest BCUT2D eigenvalue weighted by Crippen LogP contribution is 2.22. The van der Waals surface area contributed by atoms with Crippen LogP contribution >= 0.6 is 27.5 Å². The molecule has 1 aromatic rings. The van der Waals surface area contributed by atoms with Gasteiger partial charge in [0.1, 0.15) is 0 Å². The third kappa shape index (κ3) is 4.13. The zero-order valence-electron chi connectivity index (χ0n) is 9.76. The van der Waals surface area contributed by atoms with Gasteiger partial charge in [-0.1, -0.05) is 45.7 Å². The topological polar surface area (TPSA) is 12.0 Å². The van der Waals surface area contributed by atoms with Crippen molar-refractivity contribution < 1.29 is 0 Å². The molecule has 0 fully saturated rings. The molecule has 2 rings (SSSR count). The Morgan fingerprint density at radius 2 is 2.24 bits per heavy atom. The fraction of sp³-hybridized carbons (Fsp3) is 0.429. The molecule has 0 saturated heterocycles. The Balaban J connectivity index is 1.79. The second-order valence-electron chi connectivity index (χ2n) is 4.52. The van der Waals surface area contributed by atoms with Crippen molar-refractivity contribution in [1.29, 1.82) is 0 Å². The van der Waals surface area contributed by atoms with Crippen molar-refractivity contribution in [2.24, 2.45) is 5.92 Å². The van der Waals surface area contributed by atoms with Gasteiger partial charge in [0.15, 0.2) is 0 Å². The lowest BCUT2D eigenvalue weighted by Gasteiger charge is -2.18. The summed E-state index contributed by atoms with van der Waals surface area (Å²) in [6.45, 7) is 1.93. The van der Waals surface area contributed by atoms with Crippen LogP contribution in [0.3, 0.4) is 0 Å². The smallest absolute Gasteiger partial charge is 0.0462 e. The second kappa shape index (κ2) is 6.58. The van der Waals surface area contributed by atoms with Gasteiger partial charge in [0.2, 0.25) is 0 Å². The lowest BCUT2D eigenvalue weighted by atomic mass is 9.94. The number of hydrogen-bond acceptors (Lipinski definition) is 1. The van der Waals surface area contributed by atoms with Gasteiger partial charge in [0.05, 0.1) is 0 Å². The minimum atomic E-state index is 0.786. The Morgan fingerprint density at radius 1 is 1.35 bits per heavy atom. The Morgan fingerprint density at radius 3 is 2.94 bits per heavy atom. The van der Waals surface area contributed by atoms with E-state index in [2.05, 4.69) is 39.5 Å². The molecule has 1 unspecified atom stereocenters. The molecule has 3 heteroatoms. The van der Waals surface area contributed by atoms with Crippen LogP contribution in [0.4, 0.5) is 0 Å². The molecule has 1 nitrogen and oxygen atoms in total. The van der Waals surface area contributed by atoms with Crippen molar-refractivity contribution in [3.8, 4) is 0 Å². The number of allylic oxidation sites excluding steroid dienone is 2. The standard InChI is InChI=1S/C14H17BrClN/c15-13-7-6-12(14(16)8-13)10-17-9-11-4-2-1-3-5-11/h1-2,6-8,11,17H,3-5,9-10H2. The van der Waals surface area contributed by atoms with Gasteiger partial charge >= 0.3 is 0 Å². The normalized spacial score (nSPS) is 19.5. The summed E-state index contributed by atoms with van der Waals surface area (Å²) in [6.07, 6.45) is 8.31. The van der Waals surface area contributed by atoms with E-state index in [0.717, 1.165) is 28.5 Å². The lowest BCUT2D eigenvalue weighted by Crippen LogP contribution is -2.23. The molecule has 1 atom stereocenters. The van der Waals surface area contributed by atoms with E-state index >= 15 is 0 Å². The molecule has 1 aliphatic carbocycles. The van der Waals surface area contributed by atoms with Crippen LogP contribution < -0.4 is 5.32 Å². The molecule has 1 aliphatic rings. The minimum absolute atomic E-state index is 0.786. The van der Waals surface area contributed by atoms with E-state index in [0.29, 0.717) is 0 Å². The summed E-state index contributed by atoms with van der Waals surface area (Å²) < 4.78 is 1.03. The molecule has 0 spiro atoms. The summed E-state index contributed by atoms with van der Waals surface area (Å²) in [5.41, 5.74) is 1.17. The summed E-state index contributed by atoms with van der Waals surface area (Å²) in [4.78, 5) is 0. The average molecular weight is 315 g/mol. The third-order valence-electron chi connectivity index (χ3n) is 3.14. The van der Waals surface area contributed by atoms with E-state index in [4.69, 9.17) is 11.6 Å². The first-order valence-corrected chi connectivity index (χ1v) is 7.22. The number of benzene rings is 1. The fourth-order valence-corrected chi connectivity index (χ4v) is 2.86. The van der Waals surface area contributed by atoms with Crippen molar-refractivity contribution in [3.05, 3.63) is 45.4 Å². The molecule has 0 heterocycles. The Labute approximate surface area is 116 Å². The molecular formula is C14H17BrClN. The van der Waals surface area contributed by atoms with Gasteiger partial charge in [-0.2, -0.15) is 0 Å². The summed E-state index contributed by atoms with van der Waals surface area (Å²) in [7, 11) is 0. The highest BCUT2D eigenvalue weighted by atomic mass is 79.9. The maximum Gasteiger partial charge on any atom is 0.0462 e. The van der Waals surface area contributed by atoms with Crippen LogP contribution in [0.2, 0.25) is 5.02 Å². The monoisotopic (exact) mass is 313 g/mol. The van der Waals surface area contributed by atoms with E-state index in [1.807, 2.05) is 12.1 Å². The fourth-order valence-electron chi connectivity index (χ4n) is 2.12. The molecule has 0 radical (unpaired) electrons. The molecule has 92 valence electrons. The Hall–Kier alpha value is -0.310. The molecule has 0 amide bonds. The van der Waals surface area contributed by atoms with E-state index < -0.39 is 0 Å². The number of halogens is 2. The first-order chi connectivity index (χ1) is 8.25. The van der Waals surface area contributed by atoms with Gasteiger partial charge in [-0.3, -0.25) is 0 Å². The largest absolute Gasteiger partial charge is 0.312 e. The van der Waals surface area contributed by atoms with Crippen molar-refractivity contribution in [3.63, 3.8) is 0 Å². The van der Waals surface area contributed by atoms with Crippen LogP contribution in [-0.2, 0) is 6.54 Å². The number of hydrogen-bond donors (Lipinski definition) is 1. The highest BCUT2D eigenvalue weighted by molar-refractivity contribution is 9.10. The van der Waals surface area contributed by atoms with Crippen molar-refractivity contribution in [2.75, 3.05) is 6.54 Å². The third-order valence-corrected chi connectivity index (χ3v) is 3.99. The SMILES string of the molecule is Clc1cc(Br)ccc1CNCC1CC=CCC1. The van der Waals surface area contributed by atoms with Crippen LogP contribution in [-0.4, -0.2) is 6.54 Å². The average Bonchev–Trinajstić information content (AvgIpc) is 2.33. The predicted molar refractivity (Wildman–Crippen MR) is 77.3 cm³/mol. The van der Waals surface area contributed by atoms with Crippen LogP contribution in [0.15, 0.2) is 34.8 Å². The van der Waals surface area contributed by atoms with Gasteiger partial charge < -0.3 is 5.32 Å².